The lowest BCUT2D eigenvalue weighted by Gasteiger charge is -2.21. The molecule has 136 valence electrons. The Balaban J connectivity index is 1.95. The van der Waals surface area contributed by atoms with Gasteiger partial charge in [-0.25, -0.2) is 4.79 Å². The Bertz CT molecular complexity index is 874. The number of imide groups is 1. The summed E-state index contributed by atoms with van der Waals surface area (Å²) in [6, 6.07) is 10.00. The summed E-state index contributed by atoms with van der Waals surface area (Å²) in [5.41, 5.74) is 5.53. The Kier molecular flexibility index (Phi) is 4.84. The summed E-state index contributed by atoms with van der Waals surface area (Å²) in [6.07, 6.45) is 1.71. The smallest absolute Gasteiger partial charge is 0.326 e. The Morgan fingerprint density at radius 1 is 1.04 bits per heavy atom. The van der Waals surface area contributed by atoms with E-state index in [1.807, 2.05) is 19.9 Å². The molecule has 1 aromatic heterocycles. The fraction of sp³-hybridized carbons (Fsp3) is 0.300. The van der Waals surface area contributed by atoms with E-state index in [0.29, 0.717) is 0 Å². The summed E-state index contributed by atoms with van der Waals surface area (Å²) in [5, 5.41) is 4.75. The van der Waals surface area contributed by atoms with Crippen molar-refractivity contribution in [3.8, 4) is 5.69 Å². The zero-order valence-corrected chi connectivity index (χ0v) is 15.6. The van der Waals surface area contributed by atoms with Gasteiger partial charge in [-0.1, -0.05) is 0 Å². The van der Waals surface area contributed by atoms with E-state index in [1.54, 1.807) is 6.08 Å². The van der Waals surface area contributed by atoms with Gasteiger partial charge >= 0.3 is 6.03 Å². The van der Waals surface area contributed by atoms with Gasteiger partial charge < -0.3 is 14.8 Å². The molecule has 1 fully saturated rings. The highest BCUT2D eigenvalue weighted by Gasteiger charge is 2.23. The Morgan fingerprint density at radius 2 is 1.69 bits per heavy atom. The quantitative estimate of drug-likeness (QED) is 0.642. The predicted molar refractivity (Wildman–Crippen MR) is 103 cm³/mol. The molecule has 0 radical (unpaired) electrons. The van der Waals surface area contributed by atoms with E-state index < -0.39 is 11.9 Å². The van der Waals surface area contributed by atoms with Gasteiger partial charge in [0.05, 0.1) is 0 Å². The summed E-state index contributed by atoms with van der Waals surface area (Å²) in [5.74, 6) is -0.400. The maximum absolute atomic E-state index is 11.7. The molecule has 3 amide bonds. The number of carbonyl (C=O) groups is 2. The summed E-state index contributed by atoms with van der Waals surface area (Å²) >= 11 is 0. The van der Waals surface area contributed by atoms with Crippen LogP contribution in [0.1, 0.15) is 30.8 Å². The van der Waals surface area contributed by atoms with Crippen LogP contribution in [0.4, 0.5) is 10.5 Å². The zero-order chi connectivity index (χ0) is 18.8. The molecule has 6 nitrogen and oxygen atoms in total. The van der Waals surface area contributed by atoms with Crippen molar-refractivity contribution >= 4 is 23.7 Å². The minimum Gasteiger partial charge on any atom is -0.372 e. The molecule has 6 heteroatoms. The Hall–Kier alpha value is -3.02. The third-order valence-corrected chi connectivity index (χ3v) is 4.73. The van der Waals surface area contributed by atoms with Gasteiger partial charge in [0.15, 0.2) is 0 Å². The van der Waals surface area contributed by atoms with Crippen molar-refractivity contribution in [2.45, 2.75) is 27.7 Å². The van der Waals surface area contributed by atoms with Gasteiger partial charge in [-0.3, -0.25) is 10.1 Å². The lowest BCUT2D eigenvalue weighted by atomic mass is 10.2. The van der Waals surface area contributed by atoms with Gasteiger partial charge in [-0.15, -0.1) is 0 Å². The van der Waals surface area contributed by atoms with Crippen molar-refractivity contribution in [2.24, 2.45) is 0 Å². The molecule has 0 spiro atoms. The van der Waals surface area contributed by atoms with E-state index in [1.165, 1.54) is 5.69 Å². The van der Waals surface area contributed by atoms with Crippen LogP contribution in [0.15, 0.2) is 36.0 Å². The molecule has 1 aliphatic heterocycles. The van der Waals surface area contributed by atoms with Crippen LogP contribution in [0.25, 0.3) is 11.8 Å². The first-order chi connectivity index (χ1) is 12.4. The van der Waals surface area contributed by atoms with E-state index in [9.17, 15) is 9.59 Å². The number of benzene rings is 1. The molecule has 1 aromatic carbocycles. The molecule has 0 bridgehead atoms. The van der Waals surface area contributed by atoms with Gasteiger partial charge in [-0.05, 0) is 69.7 Å². The molecule has 1 saturated heterocycles. The largest absolute Gasteiger partial charge is 0.372 e. The molecule has 0 aliphatic carbocycles. The molecule has 0 atom stereocenters. The number of nitrogens with zero attached hydrogens (tertiary/aromatic N) is 2. The number of rotatable bonds is 5. The van der Waals surface area contributed by atoms with E-state index >= 15 is 0 Å². The number of hydrogen-bond donors (Lipinski definition) is 2. The summed E-state index contributed by atoms with van der Waals surface area (Å²) in [4.78, 5) is 25.3. The van der Waals surface area contributed by atoms with Crippen LogP contribution in [0.2, 0.25) is 0 Å². The molecule has 3 rings (SSSR count). The highest BCUT2D eigenvalue weighted by atomic mass is 16.2. The molecule has 0 saturated carbocycles. The second-order valence-corrected chi connectivity index (χ2v) is 6.32. The predicted octanol–water partition coefficient (Wildman–Crippen LogP) is 3.12. The molecular formula is C20H24N4O2. The Morgan fingerprint density at radius 3 is 2.23 bits per heavy atom. The van der Waals surface area contributed by atoms with Crippen molar-refractivity contribution in [3.05, 3.63) is 53.0 Å². The number of carbonyl (C=O) groups excluding carboxylic acids is 2. The van der Waals surface area contributed by atoms with E-state index in [0.717, 1.165) is 35.7 Å². The maximum atomic E-state index is 11.7. The zero-order valence-electron chi connectivity index (χ0n) is 15.6. The van der Waals surface area contributed by atoms with Crippen molar-refractivity contribution in [3.63, 3.8) is 0 Å². The summed E-state index contributed by atoms with van der Waals surface area (Å²) in [7, 11) is 0. The SMILES string of the molecule is CCN(CC)c1ccc(-n2c(C)cc(/C=C3/NC(=O)NC3=O)c2C)cc1. The second-order valence-electron chi connectivity index (χ2n) is 6.32. The molecule has 2 aromatic rings. The van der Waals surface area contributed by atoms with Crippen molar-refractivity contribution in [1.82, 2.24) is 15.2 Å². The number of aryl methyl sites for hydroxylation is 1. The van der Waals surface area contributed by atoms with Gasteiger partial charge in [0, 0.05) is 35.9 Å². The number of urea groups is 1. The first kappa shape index (κ1) is 17.8. The molecule has 1 aliphatic rings. The van der Waals surface area contributed by atoms with Crippen LogP contribution in [-0.4, -0.2) is 29.6 Å². The number of anilines is 1. The van der Waals surface area contributed by atoms with E-state index in [-0.39, 0.29) is 5.70 Å². The van der Waals surface area contributed by atoms with E-state index in [2.05, 4.69) is 58.2 Å². The normalized spacial score (nSPS) is 15.3. The van der Waals surface area contributed by atoms with Crippen LogP contribution in [0.3, 0.4) is 0 Å². The number of nitrogens with one attached hydrogen (secondary N) is 2. The molecule has 2 heterocycles. The first-order valence-electron chi connectivity index (χ1n) is 8.83. The maximum Gasteiger partial charge on any atom is 0.326 e. The van der Waals surface area contributed by atoms with Crippen molar-refractivity contribution in [2.75, 3.05) is 18.0 Å². The van der Waals surface area contributed by atoms with Gasteiger partial charge in [0.1, 0.15) is 5.70 Å². The summed E-state index contributed by atoms with van der Waals surface area (Å²) in [6.45, 7) is 10.3. The van der Waals surface area contributed by atoms with Crippen molar-refractivity contribution < 1.29 is 9.59 Å². The lowest BCUT2D eigenvalue weighted by molar-refractivity contribution is -0.115. The van der Waals surface area contributed by atoms with Crippen molar-refractivity contribution in [1.29, 1.82) is 0 Å². The molecule has 2 N–H and O–H groups in total. The highest BCUT2D eigenvalue weighted by molar-refractivity contribution is 6.14. The minimum atomic E-state index is -0.484. The number of amides is 3. The lowest BCUT2D eigenvalue weighted by Crippen LogP contribution is -2.22. The summed E-state index contributed by atoms with van der Waals surface area (Å²) < 4.78 is 2.15. The fourth-order valence-electron chi connectivity index (χ4n) is 3.37. The minimum absolute atomic E-state index is 0.270. The third-order valence-electron chi connectivity index (χ3n) is 4.73. The second kappa shape index (κ2) is 7.07. The average Bonchev–Trinajstić information content (AvgIpc) is 3.08. The first-order valence-corrected chi connectivity index (χ1v) is 8.83. The van der Waals surface area contributed by atoms with Crippen LogP contribution in [-0.2, 0) is 4.79 Å². The van der Waals surface area contributed by atoms with Gasteiger partial charge in [0.2, 0.25) is 0 Å². The van der Waals surface area contributed by atoms with E-state index in [4.69, 9.17) is 0 Å². The highest BCUT2D eigenvalue weighted by Crippen LogP contribution is 2.25. The van der Waals surface area contributed by atoms with Crippen LogP contribution in [0, 0.1) is 13.8 Å². The van der Waals surface area contributed by atoms with Gasteiger partial charge in [0.25, 0.3) is 5.91 Å². The molecule has 0 unspecified atom stereocenters. The average molecular weight is 352 g/mol. The van der Waals surface area contributed by atoms with Crippen LogP contribution in [0.5, 0.6) is 0 Å². The monoisotopic (exact) mass is 352 g/mol. The fourth-order valence-corrected chi connectivity index (χ4v) is 3.37. The van der Waals surface area contributed by atoms with Crippen LogP contribution >= 0.6 is 0 Å². The third kappa shape index (κ3) is 3.22. The molecular weight excluding hydrogens is 328 g/mol. The standard InChI is InChI=1S/C20H24N4O2/c1-5-23(6-2)16-7-9-17(10-8-16)24-13(3)11-15(14(24)4)12-18-19(25)22-20(26)21-18/h7-12H,5-6H2,1-4H3,(H2,21,22,25,26)/b18-12+. The number of hydrogen-bond acceptors (Lipinski definition) is 3. The van der Waals surface area contributed by atoms with Gasteiger partial charge in [-0.2, -0.15) is 0 Å². The topological polar surface area (TPSA) is 66.4 Å². The number of aromatic nitrogens is 1. The van der Waals surface area contributed by atoms with Crippen LogP contribution < -0.4 is 15.5 Å². The Labute approximate surface area is 153 Å². The molecule has 26 heavy (non-hydrogen) atoms.